The molecule has 3 aromatic rings. The van der Waals surface area contributed by atoms with Crippen LogP contribution in [0.15, 0.2) is 108 Å². The molecule has 1 aliphatic heterocycles. The van der Waals surface area contributed by atoms with E-state index in [1.807, 2.05) is 72.8 Å². The summed E-state index contributed by atoms with van der Waals surface area (Å²) in [6.07, 6.45) is 7.51. The third-order valence-corrected chi connectivity index (χ3v) is 11.4. The smallest absolute Gasteiger partial charge is 0.412 e. The first-order valence-electron chi connectivity index (χ1n) is 20.5. The molecule has 310 valence electrons. The number of amides is 2. The lowest BCUT2D eigenvalue weighted by molar-refractivity contribution is -0.253. The molecule has 6 rings (SSSR count). The molecule has 3 N–H and O–H groups in total. The van der Waals surface area contributed by atoms with Crippen molar-refractivity contribution < 1.29 is 43.6 Å². The molecule has 2 amide bonds. The monoisotopic (exact) mass is 795 g/mol. The normalized spacial score (nSPS) is 23.7. The van der Waals surface area contributed by atoms with Crippen LogP contribution in [0.2, 0.25) is 0 Å². The number of rotatable bonds is 19. The maximum atomic E-state index is 13.6. The fourth-order valence-corrected chi connectivity index (χ4v) is 8.82. The fourth-order valence-electron chi connectivity index (χ4n) is 8.82. The summed E-state index contributed by atoms with van der Waals surface area (Å²) in [4.78, 5) is 34.4. The Kier molecular flexibility index (Phi) is 15.0. The first-order chi connectivity index (χ1) is 28.3. The minimum Gasteiger partial charge on any atom is -0.459 e. The van der Waals surface area contributed by atoms with E-state index in [1.54, 1.807) is 31.0 Å². The van der Waals surface area contributed by atoms with Gasteiger partial charge in [0.2, 0.25) is 5.79 Å². The van der Waals surface area contributed by atoms with Crippen molar-refractivity contribution in [3.05, 3.63) is 120 Å². The van der Waals surface area contributed by atoms with Gasteiger partial charge in [-0.15, -0.1) is 6.58 Å². The number of nitrogens with zero attached hydrogens (tertiary/aromatic N) is 2. The Morgan fingerprint density at radius 2 is 1.69 bits per heavy atom. The molecule has 0 bridgehead atoms. The van der Waals surface area contributed by atoms with Crippen LogP contribution in [-0.2, 0) is 27.5 Å². The number of carbonyl (C=O) groups excluding carboxylic acids is 2. The second-order valence-electron chi connectivity index (χ2n) is 15.1. The fraction of sp³-hybridized carbons (Fsp3) is 0.457. The molecular formula is C46H57N3O9. The minimum absolute atomic E-state index is 0.00800. The van der Waals surface area contributed by atoms with E-state index in [0.29, 0.717) is 36.6 Å². The number of oxime groups is 1. The number of benzene rings is 3. The maximum Gasteiger partial charge on any atom is 0.412 e. The molecule has 3 aliphatic rings. The molecule has 6 atom stereocenters. The van der Waals surface area contributed by atoms with Crippen molar-refractivity contribution >= 4 is 17.9 Å². The zero-order chi connectivity index (χ0) is 40.9. The third-order valence-electron chi connectivity index (χ3n) is 11.4. The SMILES string of the molecule is C=CCO[C@@]12Oc3ccc(OC(=O)NCc4ccccc4)cc3[C@H]3[C@H](CCCCO)[C@@H](CCCCO)C=C(C(=NOCc4ccccc4)C[C@@H]1N(C)C(=O)OCC)[C@H]32. The number of allylic oxidation sites excluding steroid dienone is 1. The molecule has 0 unspecified atom stereocenters. The van der Waals surface area contributed by atoms with Gasteiger partial charge in [-0.05, 0) is 79.3 Å². The number of unbranched alkanes of at least 4 members (excludes halogenated alkanes) is 2. The lowest BCUT2D eigenvalue weighted by atomic mass is 9.55. The number of ether oxygens (including phenoxy) is 4. The van der Waals surface area contributed by atoms with Gasteiger partial charge in [-0.3, -0.25) is 0 Å². The standard InChI is InChI=1S/C46H57N3O9/c1-4-26-55-46-41(49(3)45(53)54-5-2)29-39(48-56-31-33-18-10-7-11-19-33)37-27-34(20-12-14-24-50)36(21-13-15-25-51)42(43(37)46)38-28-35(22-23-40(38)58-46)57-44(52)47-30-32-16-8-6-9-17-32/h4,6-11,16-19,22-23,27-28,34,36,41-43,50-51H,1,5,12-15,20-21,24-26,29-31H2,2-3H3,(H,47,52)/t34-,36+,41-,42+,43+,46+/m0/s1. The molecule has 0 radical (unpaired) electrons. The first kappa shape index (κ1) is 42.4. The minimum atomic E-state index is -1.42. The summed E-state index contributed by atoms with van der Waals surface area (Å²) in [5.41, 5.74) is 4.32. The highest BCUT2D eigenvalue weighted by atomic mass is 16.7. The second kappa shape index (κ2) is 20.5. The Morgan fingerprint density at radius 1 is 0.983 bits per heavy atom. The molecule has 0 spiro atoms. The summed E-state index contributed by atoms with van der Waals surface area (Å²) in [5.74, 6) is -1.25. The Balaban J connectivity index is 1.49. The van der Waals surface area contributed by atoms with Gasteiger partial charge >= 0.3 is 12.2 Å². The van der Waals surface area contributed by atoms with Gasteiger partial charge in [-0.2, -0.15) is 0 Å². The number of hydrogen-bond donors (Lipinski definition) is 3. The Labute approximate surface area is 341 Å². The van der Waals surface area contributed by atoms with Crippen molar-refractivity contribution in [2.24, 2.45) is 22.9 Å². The van der Waals surface area contributed by atoms with Gasteiger partial charge in [0.05, 0.1) is 24.8 Å². The number of aliphatic hydroxyl groups is 2. The van der Waals surface area contributed by atoms with Crippen molar-refractivity contribution in [1.82, 2.24) is 10.2 Å². The van der Waals surface area contributed by atoms with Crippen LogP contribution in [0.5, 0.6) is 11.5 Å². The molecule has 3 aromatic carbocycles. The predicted octanol–water partition coefficient (Wildman–Crippen LogP) is 7.90. The number of aliphatic hydroxyl groups excluding tert-OH is 2. The highest BCUT2D eigenvalue weighted by molar-refractivity contribution is 6.03. The lowest BCUT2D eigenvalue weighted by Gasteiger charge is -2.59. The van der Waals surface area contributed by atoms with E-state index in [9.17, 15) is 19.8 Å². The second-order valence-corrected chi connectivity index (χ2v) is 15.1. The summed E-state index contributed by atoms with van der Waals surface area (Å²) in [6.45, 7) is 6.76. The van der Waals surface area contributed by atoms with Gasteiger partial charge < -0.3 is 44.2 Å². The molecule has 58 heavy (non-hydrogen) atoms. The lowest BCUT2D eigenvalue weighted by Crippen LogP contribution is -2.69. The molecule has 1 fully saturated rings. The average molecular weight is 796 g/mol. The zero-order valence-corrected chi connectivity index (χ0v) is 33.6. The average Bonchev–Trinajstić information content (AvgIpc) is 3.24. The first-order valence-corrected chi connectivity index (χ1v) is 20.5. The van der Waals surface area contributed by atoms with Crippen LogP contribution in [-0.4, -0.2) is 78.3 Å². The van der Waals surface area contributed by atoms with Gasteiger partial charge in [0.1, 0.15) is 24.1 Å². The summed E-state index contributed by atoms with van der Waals surface area (Å²) >= 11 is 0. The topological polar surface area (TPSA) is 148 Å². The van der Waals surface area contributed by atoms with Crippen molar-refractivity contribution in [1.29, 1.82) is 0 Å². The molecule has 12 heteroatoms. The quantitative estimate of drug-likeness (QED) is 0.0626. The zero-order valence-electron chi connectivity index (χ0n) is 33.6. The van der Waals surface area contributed by atoms with Crippen molar-refractivity contribution in [3.63, 3.8) is 0 Å². The van der Waals surface area contributed by atoms with Crippen LogP contribution < -0.4 is 14.8 Å². The molecule has 1 saturated carbocycles. The number of likely N-dealkylation sites (N-methyl/N-ethyl adjacent to an activating group) is 1. The van der Waals surface area contributed by atoms with Crippen LogP contribution in [0.4, 0.5) is 9.59 Å². The third kappa shape index (κ3) is 9.74. The number of hydrogen-bond acceptors (Lipinski definition) is 10. The van der Waals surface area contributed by atoms with E-state index in [2.05, 4.69) is 18.0 Å². The highest BCUT2D eigenvalue weighted by Crippen LogP contribution is 2.61. The number of carbonyl (C=O) groups is 2. The van der Waals surface area contributed by atoms with E-state index >= 15 is 0 Å². The number of fused-ring (bicyclic) bond motifs is 2. The van der Waals surface area contributed by atoms with Gasteiger partial charge in [0.15, 0.2) is 0 Å². The van der Waals surface area contributed by atoms with E-state index in [1.165, 1.54) is 0 Å². The van der Waals surface area contributed by atoms with E-state index < -0.39 is 29.9 Å². The Morgan fingerprint density at radius 3 is 2.38 bits per heavy atom. The molecule has 0 saturated heterocycles. The summed E-state index contributed by atoms with van der Waals surface area (Å²) in [5, 5.41) is 27.4. The molecule has 12 nitrogen and oxygen atoms in total. The van der Waals surface area contributed by atoms with Crippen LogP contribution in [0.25, 0.3) is 0 Å². The van der Waals surface area contributed by atoms with E-state index in [-0.39, 0.29) is 57.2 Å². The maximum absolute atomic E-state index is 13.6. The Bertz CT molecular complexity index is 1890. The summed E-state index contributed by atoms with van der Waals surface area (Å²) in [7, 11) is 1.69. The van der Waals surface area contributed by atoms with Crippen molar-refractivity contribution in [2.45, 2.75) is 82.8 Å². The van der Waals surface area contributed by atoms with Gasteiger partial charge in [0, 0.05) is 44.7 Å². The van der Waals surface area contributed by atoms with Crippen LogP contribution in [0.3, 0.4) is 0 Å². The summed E-state index contributed by atoms with van der Waals surface area (Å²) < 4.78 is 25.5. The van der Waals surface area contributed by atoms with E-state index in [4.69, 9.17) is 28.9 Å². The summed E-state index contributed by atoms with van der Waals surface area (Å²) in [6, 6.07) is 24.1. The van der Waals surface area contributed by atoms with Crippen molar-refractivity contribution in [3.8, 4) is 11.5 Å². The largest absolute Gasteiger partial charge is 0.459 e. The van der Waals surface area contributed by atoms with Crippen LogP contribution >= 0.6 is 0 Å². The van der Waals surface area contributed by atoms with E-state index in [0.717, 1.165) is 47.9 Å². The molecule has 0 aromatic heterocycles. The van der Waals surface area contributed by atoms with Gasteiger partial charge in [-0.25, -0.2) is 9.59 Å². The van der Waals surface area contributed by atoms with Crippen LogP contribution in [0.1, 0.15) is 74.5 Å². The van der Waals surface area contributed by atoms with Gasteiger partial charge in [0.25, 0.3) is 0 Å². The van der Waals surface area contributed by atoms with Gasteiger partial charge in [-0.1, -0.05) is 90.8 Å². The molecule has 2 aliphatic carbocycles. The Hall–Kier alpha value is -5.17. The molecule has 1 heterocycles. The number of nitrogens with one attached hydrogen (secondary N) is 1. The predicted molar refractivity (Wildman–Crippen MR) is 220 cm³/mol. The molecular weight excluding hydrogens is 739 g/mol. The van der Waals surface area contributed by atoms with Crippen LogP contribution in [0, 0.1) is 17.8 Å². The highest BCUT2D eigenvalue weighted by Gasteiger charge is 2.65. The van der Waals surface area contributed by atoms with Crippen molar-refractivity contribution in [2.75, 3.05) is 33.5 Å².